The Morgan fingerprint density at radius 3 is 2.31 bits per heavy atom. The Labute approximate surface area is 115 Å². The fourth-order valence-electron chi connectivity index (χ4n) is 1.36. The molecule has 0 saturated heterocycles. The second-order valence-corrected chi connectivity index (χ2v) is 7.18. The van der Waals surface area contributed by atoms with Gasteiger partial charge in [-0.15, -0.1) is 11.3 Å². The first-order valence-electron chi connectivity index (χ1n) is 4.64. The normalized spacial score (nSPS) is 10.4. The minimum absolute atomic E-state index is 0.0498. The quantitative estimate of drug-likeness (QED) is 0.703. The maximum Gasteiger partial charge on any atom is 0.195 e. The van der Waals surface area contributed by atoms with E-state index in [2.05, 4.69) is 31.9 Å². The number of hydrogen-bond donors (Lipinski definition) is 0. The van der Waals surface area contributed by atoms with Crippen LogP contribution in [0.25, 0.3) is 0 Å². The van der Waals surface area contributed by atoms with Crippen molar-refractivity contribution in [1.29, 1.82) is 0 Å². The molecule has 0 atom stereocenters. The van der Waals surface area contributed by atoms with E-state index in [-0.39, 0.29) is 5.78 Å². The standard InChI is InChI=1S/C12H8Br2OS/c1-7-2-4-8(5-3-7)11(15)9-6-10(13)16-12(9)14/h2-6H,1H3. The number of aryl methyl sites for hydroxylation is 1. The molecule has 0 unspecified atom stereocenters. The van der Waals surface area contributed by atoms with Crippen LogP contribution in [-0.4, -0.2) is 5.78 Å². The van der Waals surface area contributed by atoms with E-state index in [9.17, 15) is 4.79 Å². The highest BCUT2D eigenvalue weighted by atomic mass is 79.9. The van der Waals surface area contributed by atoms with Crippen molar-refractivity contribution in [1.82, 2.24) is 0 Å². The lowest BCUT2D eigenvalue weighted by atomic mass is 10.1. The predicted octanol–water partition coefficient (Wildman–Crippen LogP) is 4.81. The summed E-state index contributed by atoms with van der Waals surface area (Å²) in [5.41, 5.74) is 2.58. The Kier molecular flexibility index (Phi) is 3.62. The van der Waals surface area contributed by atoms with Crippen LogP contribution < -0.4 is 0 Å². The molecule has 16 heavy (non-hydrogen) atoms. The molecular formula is C12H8Br2OS. The van der Waals surface area contributed by atoms with Crippen molar-refractivity contribution < 1.29 is 4.79 Å². The third kappa shape index (κ3) is 2.44. The lowest BCUT2D eigenvalue weighted by Crippen LogP contribution is -1.99. The van der Waals surface area contributed by atoms with Crippen molar-refractivity contribution in [3.05, 3.63) is 54.6 Å². The maximum atomic E-state index is 12.1. The third-order valence-corrected chi connectivity index (χ3v) is 4.55. The van der Waals surface area contributed by atoms with E-state index < -0.39 is 0 Å². The molecule has 0 aliphatic heterocycles. The van der Waals surface area contributed by atoms with Gasteiger partial charge in [0.25, 0.3) is 0 Å². The Balaban J connectivity index is 2.39. The number of carbonyl (C=O) groups is 1. The van der Waals surface area contributed by atoms with Gasteiger partial charge in [-0.3, -0.25) is 4.79 Å². The molecule has 1 aromatic carbocycles. The molecule has 1 heterocycles. The number of carbonyl (C=O) groups excluding carboxylic acids is 1. The Hall–Kier alpha value is -0.450. The zero-order chi connectivity index (χ0) is 11.7. The van der Waals surface area contributed by atoms with E-state index >= 15 is 0 Å². The van der Waals surface area contributed by atoms with E-state index in [0.717, 1.165) is 18.7 Å². The van der Waals surface area contributed by atoms with E-state index in [0.29, 0.717) is 5.56 Å². The van der Waals surface area contributed by atoms with Crippen LogP contribution >= 0.6 is 43.2 Å². The highest BCUT2D eigenvalue weighted by Crippen LogP contribution is 2.33. The van der Waals surface area contributed by atoms with Gasteiger partial charge >= 0.3 is 0 Å². The average Bonchev–Trinajstić information content (AvgIpc) is 2.58. The van der Waals surface area contributed by atoms with Crippen molar-refractivity contribution >= 4 is 49.0 Å². The van der Waals surface area contributed by atoms with Crippen LogP contribution in [0.1, 0.15) is 21.5 Å². The molecule has 1 nitrogen and oxygen atoms in total. The van der Waals surface area contributed by atoms with Crippen molar-refractivity contribution in [3.8, 4) is 0 Å². The Morgan fingerprint density at radius 2 is 1.81 bits per heavy atom. The number of rotatable bonds is 2. The molecule has 0 N–H and O–H groups in total. The summed E-state index contributed by atoms with van der Waals surface area (Å²) in [5, 5.41) is 0. The second kappa shape index (κ2) is 4.82. The van der Waals surface area contributed by atoms with E-state index in [1.54, 1.807) is 0 Å². The van der Waals surface area contributed by atoms with Crippen LogP contribution in [0.15, 0.2) is 37.9 Å². The number of halogens is 2. The largest absolute Gasteiger partial charge is 0.289 e. The Bertz CT molecular complexity index is 528. The topological polar surface area (TPSA) is 17.1 Å². The molecule has 0 fully saturated rings. The summed E-state index contributed by atoms with van der Waals surface area (Å²) in [6, 6.07) is 9.45. The Morgan fingerprint density at radius 1 is 1.19 bits per heavy atom. The van der Waals surface area contributed by atoms with Gasteiger partial charge in [0.15, 0.2) is 5.78 Å². The molecule has 0 amide bonds. The molecule has 2 rings (SSSR count). The summed E-state index contributed by atoms with van der Waals surface area (Å²) in [4.78, 5) is 12.1. The predicted molar refractivity (Wildman–Crippen MR) is 74.3 cm³/mol. The molecule has 82 valence electrons. The van der Waals surface area contributed by atoms with Crippen LogP contribution in [0.2, 0.25) is 0 Å². The summed E-state index contributed by atoms with van der Waals surface area (Å²) < 4.78 is 1.82. The van der Waals surface area contributed by atoms with Crippen LogP contribution in [0.4, 0.5) is 0 Å². The van der Waals surface area contributed by atoms with Crippen molar-refractivity contribution in [2.75, 3.05) is 0 Å². The fourth-order valence-corrected chi connectivity index (χ4v) is 4.15. The van der Waals surface area contributed by atoms with Gasteiger partial charge in [-0.2, -0.15) is 0 Å². The zero-order valence-corrected chi connectivity index (χ0v) is 12.4. The van der Waals surface area contributed by atoms with Crippen molar-refractivity contribution in [2.24, 2.45) is 0 Å². The number of thiophene rings is 1. The third-order valence-electron chi connectivity index (χ3n) is 2.22. The van der Waals surface area contributed by atoms with Gasteiger partial charge in [-0.1, -0.05) is 29.8 Å². The molecule has 0 spiro atoms. The molecular weight excluding hydrogens is 352 g/mol. The maximum absolute atomic E-state index is 12.1. The van der Waals surface area contributed by atoms with Crippen molar-refractivity contribution in [3.63, 3.8) is 0 Å². The average molecular weight is 360 g/mol. The number of benzene rings is 1. The van der Waals surface area contributed by atoms with Crippen LogP contribution in [0.3, 0.4) is 0 Å². The molecule has 0 radical (unpaired) electrons. The minimum Gasteiger partial charge on any atom is -0.289 e. The minimum atomic E-state index is 0.0498. The van der Waals surface area contributed by atoms with Crippen LogP contribution in [-0.2, 0) is 0 Å². The molecule has 4 heteroatoms. The molecule has 0 aliphatic rings. The van der Waals surface area contributed by atoms with Gasteiger partial charge in [-0.25, -0.2) is 0 Å². The summed E-state index contributed by atoms with van der Waals surface area (Å²) in [6.45, 7) is 2.01. The SMILES string of the molecule is Cc1ccc(C(=O)c2cc(Br)sc2Br)cc1. The highest BCUT2D eigenvalue weighted by molar-refractivity contribution is 9.12. The first-order valence-corrected chi connectivity index (χ1v) is 7.04. The monoisotopic (exact) mass is 358 g/mol. The van der Waals surface area contributed by atoms with Crippen molar-refractivity contribution in [2.45, 2.75) is 6.92 Å². The first-order chi connectivity index (χ1) is 7.58. The summed E-state index contributed by atoms with van der Waals surface area (Å²) >= 11 is 8.28. The van der Waals surface area contributed by atoms with Gasteiger partial charge in [-0.05, 0) is 44.8 Å². The van der Waals surface area contributed by atoms with Crippen LogP contribution in [0.5, 0.6) is 0 Å². The lowest BCUT2D eigenvalue weighted by molar-refractivity contribution is 0.103. The molecule has 0 bridgehead atoms. The van der Waals surface area contributed by atoms with E-state index in [1.807, 2.05) is 37.3 Å². The van der Waals surface area contributed by atoms with Gasteiger partial charge < -0.3 is 0 Å². The lowest BCUT2D eigenvalue weighted by Gasteiger charge is -1.99. The molecule has 1 aromatic heterocycles. The molecule has 0 saturated carbocycles. The van der Waals surface area contributed by atoms with Gasteiger partial charge in [0, 0.05) is 11.1 Å². The first kappa shape index (κ1) is 12.0. The van der Waals surface area contributed by atoms with Crippen LogP contribution in [0, 0.1) is 6.92 Å². The van der Waals surface area contributed by atoms with Gasteiger partial charge in [0.2, 0.25) is 0 Å². The molecule has 2 aromatic rings. The molecule has 0 aliphatic carbocycles. The van der Waals surface area contributed by atoms with Gasteiger partial charge in [0.1, 0.15) is 0 Å². The van der Waals surface area contributed by atoms with Gasteiger partial charge in [0.05, 0.1) is 7.57 Å². The zero-order valence-electron chi connectivity index (χ0n) is 8.46. The smallest absolute Gasteiger partial charge is 0.195 e. The summed E-state index contributed by atoms with van der Waals surface area (Å²) in [5.74, 6) is 0.0498. The van der Waals surface area contributed by atoms with E-state index in [4.69, 9.17) is 0 Å². The highest BCUT2D eigenvalue weighted by Gasteiger charge is 2.15. The fraction of sp³-hybridized carbons (Fsp3) is 0.0833. The summed E-state index contributed by atoms with van der Waals surface area (Å²) in [6.07, 6.45) is 0. The second-order valence-electron chi connectivity index (χ2n) is 3.43. The summed E-state index contributed by atoms with van der Waals surface area (Å²) in [7, 11) is 0. The number of hydrogen-bond acceptors (Lipinski definition) is 2. The van der Waals surface area contributed by atoms with E-state index in [1.165, 1.54) is 11.3 Å². The number of ketones is 1.